The van der Waals surface area contributed by atoms with Crippen LogP contribution in [0, 0.1) is 6.92 Å². The normalized spacial score (nSPS) is 10.4. The molecular weight excluding hydrogens is 250 g/mol. The highest BCUT2D eigenvalue weighted by Crippen LogP contribution is 2.01. The first-order valence-electron chi connectivity index (χ1n) is 5.61. The number of aromatic nitrogens is 4. The highest BCUT2D eigenvalue weighted by Gasteiger charge is 2.10. The number of carbonyl (C=O) groups excluding carboxylic acids is 1. The maximum Gasteiger partial charge on any atom is 0.356 e. The van der Waals surface area contributed by atoms with E-state index in [9.17, 15) is 9.59 Å². The third-order valence-corrected chi connectivity index (χ3v) is 2.58. The molecule has 2 heterocycles. The molecule has 0 atom stereocenters. The Labute approximate surface area is 108 Å². The fourth-order valence-electron chi connectivity index (χ4n) is 1.57. The number of rotatable bonds is 5. The molecule has 0 aliphatic carbocycles. The number of amides is 1. The summed E-state index contributed by atoms with van der Waals surface area (Å²) in [4.78, 5) is 26.1. The number of nitrogens with zero attached hydrogens (tertiary/aromatic N) is 3. The average Bonchev–Trinajstić information content (AvgIpc) is 2.97. The summed E-state index contributed by atoms with van der Waals surface area (Å²) < 4.78 is 1.60. The van der Waals surface area contributed by atoms with Crippen LogP contribution in [0.25, 0.3) is 0 Å². The summed E-state index contributed by atoms with van der Waals surface area (Å²) in [7, 11) is 0. The van der Waals surface area contributed by atoms with Crippen molar-refractivity contribution >= 4 is 11.9 Å². The summed E-state index contributed by atoms with van der Waals surface area (Å²) in [5, 5.41) is 17.9. The Bertz CT molecular complexity index is 601. The van der Waals surface area contributed by atoms with Gasteiger partial charge in [0, 0.05) is 25.0 Å². The number of hydrogen-bond acceptors (Lipinski definition) is 4. The van der Waals surface area contributed by atoms with Crippen LogP contribution in [0.15, 0.2) is 18.7 Å². The predicted molar refractivity (Wildman–Crippen MR) is 64.8 cm³/mol. The molecule has 1 amide bonds. The number of carbonyl (C=O) groups is 2. The maximum atomic E-state index is 11.7. The van der Waals surface area contributed by atoms with Gasteiger partial charge in [-0.1, -0.05) is 0 Å². The van der Waals surface area contributed by atoms with Gasteiger partial charge in [0.1, 0.15) is 0 Å². The smallest absolute Gasteiger partial charge is 0.356 e. The molecule has 0 aromatic carbocycles. The molecule has 100 valence electrons. The minimum Gasteiger partial charge on any atom is -0.476 e. The molecule has 0 unspecified atom stereocenters. The lowest BCUT2D eigenvalue weighted by atomic mass is 10.2. The first-order valence-corrected chi connectivity index (χ1v) is 5.61. The summed E-state index contributed by atoms with van der Waals surface area (Å²) in [5.74, 6) is -1.29. The van der Waals surface area contributed by atoms with Gasteiger partial charge < -0.3 is 15.0 Å². The van der Waals surface area contributed by atoms with E-state index in [1.54, 1.807) is 11.5 Å². The van der Waals surface area contributed by atoms with Crippen molar-refractivity contribution in [2.24, 2.45) is 0 Å². The van der Waals surface area contributed by atoms with Crippen molar-refractivity contribution in [3.05, 3.63) is 35.7 Å². The molecule has 0 saturated carbocycles. The van der Waals surface area contributed by atoms with Gasteiger partial charge in [-0.15, -0.1) is 0 Å². The lowest BCUT2D eigenvalue weighted by Crippen LogP contribution is -2.27. The number of carboxylic acid groups (broad SMARTS) is 1. The number of H-pyrrole nitrogens is 1. The second-order valence-corrected chi connectivity index (χ2v) is 3.97. The maximum absolute atomic E-state index is 11.7. The number of aryl methyl sites for hydroxylation is 1. The van der Waals surface area contributed by atoms with Crippen molar-refractivity contribution in [2.45, 2.75) is 13.5 Å². The number of aromatic amines is 1. The van der Waals surface area contributed by atoms with Crippen molar-refractivity contribution in [1.82, 2.24) is 25.1 Å². The van der Waals surface area contributed by atoms with E-state index >= 15 is 0 Å². The quantitative estimate of drug-likeness (QED) is 0.705. The topological polar surface area (TPSA) is 113 Å². The average molecular weight is 263 g/mol. The van der Waals surface area contributed by atoms with Crippen LogP contribution in [0.2, 0.25) is 0 Å². The van der Waals surface area contributed by atoms with E-state index in [0.717, 1.165) is 0 Å². The van der Waals surface area contributed by atoms with Crippen LogP contribution < -0.4 is 5.32 Å². The highest BCUT2D eigenvalue weighted by molar-refractivity contribution is 5.94. The second kappa shape index (κ2) is 5.34. The molecule has 0 aliphatic rings. The van der Waals surface area contributed by atoms with E-state index in [0.29, 0.717) is 24.3 Å². The van der Waals surface area contributed by atoms with E-state index < -0.39 is 5.97 Å². The lowest BCUT2D eigenvalue weighted by molar-refractivity contribution is 0.0690. The zero-order valence-electron chi connectivity index (χ0n) is 10.3. The fraction of sp³-hybridized carbons (Fsp3) is 0.273. The van der Waals surface area contributed by atoms with Gasteiger partial charge in [0.15, 0.2) is 5.69 Å². The van der Waals surface area contributed by atoms with Gasteiger partial charge in [0.25, 0.3) is 5.91 Å². The summed E-state index contributed by atoms with van der Waals surface area (Å²) >= 11 is 0. The van der Waals surface area contributed by atoms with Crippen molar-refractivity contribution < 1.29 is 14.7 Å². The molecule has 3 N–H and O–H groups in total. The van der Waals surface area contributed by atoms with E-state index in [2.05, 4.69) is 20.5 Å². The van der Waals surface area contributed by atoms with Crippen molar-refractivity contribution in [1.29, 1.82) is 0 Å². The van der Waals surface area contributed by atoms with Crippen LogP contribution in [-0.4, -0.2) is 43.3 Å². The van der Waals surface area contributed by atoms with Crippen molar-refractivity contribution in [2.75, 3.05) is 6.54 Å². The molecule has 2 aromatic heterocycles. The summed E-state index contributed by atoms with van der Waals surface area (Å²) in [6, 6.07) is 0. The Hall–Kier alpha value is -2.64. The number of nitrogens with one attached hydrogen (secondary N) is 2. The minimum absolute atomic E-state index is 0.0167. The zero-order valence-corrected chi connectivity index (χ0v) is 10.3. The van der Waals surface area contributed by atoms with Gasteiger partial charge >= 0.3 is 5.97 Å². The minimum atomic E-state index is -1.07. The van der Waals surface area contributed by atoms with Gasteiger partial charge in [-0.25, -0.2) is 9.78 Å². The molecule has 0 bridgehead atoms. The molecule has 8 nitrogen and oxygen atoms in total. The molecule has 19 heavy (non-hydrogen) atoms. The fourth-order valence-corrected chi connectivity index (χ4v) is 1.57. The monoisotopic (exact) mass is 263 g/mol. The number of aromatic carboxylic acids is 1. The molecule has 0 fully saturated rings. The van der Waals surface area contributed by atoms with Gasteiger partial charge in [-0.05, 0) is 6.92 Å². The Morgan fingerprint density at radius 3 is 2.89 bits per heavy atom. The lowest BCUT2D eigenvalue weighted by Gasteiger charge is -2.04. The van der Waals surface area contributed by atoms with E-state index in [-0.39, 0.29) is 11.6 Å². The standard InChI is InChI=1S/C11H13N5O3/c1-7-8(4-14-15-7)10(17)12-2-3-16-5-9(11(18)19)13-6-16/h4-6H,2-3H2,1H3,(H,12,17)(H,14,15)(H,18,19). The molecule has 0 spiro atoms. The Morgan fingerprint density at radius 1 is 1.53 bits per heavy atom. The van der Waals surface area contributed by atoms with E-state index in [1.165, 1.54) is 18.7 Å². The molecular formula is C11H13N5O3. The van der Waals surface area contributed by atoms with Crippen LogP contribution in [0.5, 0.6) is 0 Å². The Balaban J connectivity index is 1.85. The summed E-state index contributed by atoms with van der Waals surface area (Å²) in [5.41, 5.74) is 1.18. The largest absolute Gasteiger partial charge is 0.476 e. The molecule has 2 aromatic rings. The van der Waals surface area contributed by atoms with Crippen LogP contribution in [0.1, 0.15) is 26.5 Å². The zero-order chi connectivity index (χ0) is 13.8. The van der Waals surface area contributed by atoms with Crippen molar-refractivity contribution in [3.63, 3.8) is 0 Å². The number of hydrogen-bond donors (Lipinski definition) is 3. The van der Waals surface area contributed by atoms with Gasteiger partial charge in [0.2, 0.25) is 0 Å². The molecule has 0 aliphatic heterocycles. The van der Waals surface area contributed by atoms with E-state index in [1.807, 2.05) is 0 Å². The Kier molecular flexibility index (Phi) is 3.60. The molecule has 0 radical (unpaired) electrons. The van der Waals surface area contributed by atoms with Gasteiger partial charge in [-0.3, -0.25) is 9.89 Å². The van der Waals surface area contributed by atoms with Crippen LogP contribution >= 0.6 is 0 Å². The molecule has 8 heteroatoms. The van der Waals surface area contributed by atoms with Crippen molar-refractivity contribution in [3.8, 4) is 0 Å². The third kappa shape index (κ3) is 2.97. The number of imidazole rings is 1. The van der Waals surface area contributed by atoms with Crippen LogP contribution in [0.3, 0.4) is 0 Å². The SMILES string of the molecule is Cc1[nH]ncc1C(=O)NCCn1cnc(C(=O)O)c1. The van der Waals surface area contributed by atoms with Gasteiger partial charge in [-0.2, -0.15) is 5.10 Å². The predicted octanol–water partition coefficient (Wildman–Crippen LogP) is 0.0428. The number of carboxylic acids is 1. The first-order chi connectivity index (χ1) is 9.08. The summed E-state index contributed by atoms with van der Waals surface area (Å²) in [6.07, 6.45) is 4.29. The first kappa shape index (κ1) is 12.8. The molecule has 0 saturated heterocycles. The highest BCUT2D eigenvalue weighted by atomic mass is 16.4. The van der Waals surface area contributed by atoms with Crippen LogP contribution in [-0.2, 0) is 6.54 Å². The second-order valence-electron chi connectivity index (χ2n) is 3.97. The van der Waals surface area contributed by atoms with E-state index in [4.69, 9.17) is 5.11 Å². The Morgan fingerprint density at radius 2 is 2.32 bits per heavy atom. The third-order valence-electron chi connectivity index (χ3n) is 2.58. The van der Waals surface area contributed by atoms with Crippen LogP contribution in [0.4, 0.5) is 0 Å². The van der Waals surface area contributed by atoms with Gasteiger partial charge in [0.05, 0.1) is 18.1 Å². The molecule has 2 rings (SSSR count). The summed E-state index contributed by atoms with van der Waals surface area (Å²) in [6.45, 7) is 2.58.